The summed E-state index contributed by atoms with van der Waals surface area (Å²) in [5.41, 5.74) is 8.67. The van der Waals surface area contributed by atoms with Crippen molar-refractivity contribution in [1.82, 2.24) is 4.98 Å². The zero-order valence-corrected chi connectivity index (χ0v) is 11.1. The number of hydrogen-bond donors (Lipinski definition) is 2. The summed E-state index contributed by atoms with van der Waals surface area (Å²) in [4.78, 5) is 4.36. The summed E-state index contributed by atoms with van der Waals surface area (Å²) in [6.07, 6.45) is 4.17. The summed E-state index contributed by atoms with van der Waals surface area (Å²) in [6, 6.07) is 8.42. The van der Waals surface area contributed by atoms with Crippen LogP contribution < -0.4 is 11.1 Å². The molecule has 4 nitrogen and oxygen atoms in total. The second-order valence-electron chi connectivity index (χ2n) is 5.15. The molecule has 0 radical (unpaired) electrons. The van der Waals surface area contributed by atoms with E-state index in [9.17, 15) is 0 Å². The van der Waals surface area contributed by atoms with Gasteiger partial charge in [-0.05, 0) is 44.0 Å². The van der Waals surface area contributed by atoms with Crippen molar-refractivity contribution in [3.63, 3.8) is 0 Å². The predicted octanol–water partition coefficient (Wildman–Crippen LogP) is 2.80. The molecule has 4 heteroatoms. The Balaban J connectivity index is 1.90. The van der Waals surface area contributed by atoms with Crippen LogP contribution in [0.25, 0.3) is 10.9 Å². The third-order valence-corrected chi connectivity index (χ3v) is 3.65. The molecule has 100 valence electrons. The van der Waals surface area contributed by atoms with Crippen LogP contribution in [0.15, 0.2) is 30.5 Å². The molecule has 0 spiro atoms. The van der Waals surface area contributed by atoms with E-state index in [0.717, 1.165) is 41.7 Å². The lowest BCUT2D eigenvalue weighted by molar-refractivity contribution is 0.0232. The van der Waals surface area contributed by atoms with Crippen molar-refractivity contribution in [2.24, 2.45) is 0 Å². The van der Waals surface area contributed by atoms with E-state index in [1.165, 1.54) is 0 Å². The van der Waals surface area contributed by atoms with Gasteiger partial charge in [0.15, 0.2) is 0 Å². The molecule has 1 aromatic heterocycles. The van der Waals surface area contributed by atoms with Crippen LogP contribution in [0.2, 0.25) is 0 Å². The van der Waals surface area contributed by atoms with E-state index >= 15 is 0 Å². The fraction of sp³-hybridized carbons (Fsp3) is 0.400. The van der Waals surface area contributed by atoms with Crippen molar-refractivity contribution in [2.75, 3.05) is 17.7 Å². The highest BCUT2D eigenvalue weighted by Gasteiger charge is 2.19. The second-order valence-corrected chi connectivity index (χ2v) is 5.15. The zero-order valence-electron chi connectivity index (χ0n) is 11.1. The summed E-state index contributed by atoms with van der Waals surface area (Å²) in [7, 11) is 0. The van der Waals surface area contributed by atoms with Gasteiger partial charge < -0.3 is 15.8 Å². The highest BCUT2D eigenvalue weighted by atomic mass is 16.5. The highest BCUT2D eigenvalue weighted by molar-refractivity contribution is 5.98. The number of fused-ring (bicyclic) bond motifs is 1. The monoisotopic (exact) mass is 257 g/mol. The third kappa shape index (κ3) is 2.49. The number of hydrogen-bond acceptors (Lipinski definition) is 4. The predicted molar refractivity (Wildman–Crippen MR) is 78.2 cm³/mol. The minimum atomic E-state index is 0.324. The first-order chi connectivity index (χ1) is 9.24. The largest absolute Gasteiger partial charge is 0.397 e. The Morgan fingerprint density at radius 3 is 3.11 bits per heavy atom. The van der Waals surface area contributed by atoms with E-state index in [2.05, 4.69) is 23.3 Å². The molecule has 0 aliphatic carbocycles. The lowest BCUT2D eigenvalue weighted by Crippen LogP contribution is -2.32. The quantitative estimate of drug-likeness (QED) is 0.812. The maximum absolute atomic E-state index is 5.97. The van der Waals surface area contributed by atoms with Gasteiger partial charge in [0, 0.05) is 29.9 Å². The van der Waals surface area contributed by atoms with E-state index in [-0.39, 0.29) is 0 Å². The van der Waals surface area contributed by atoms with Crippen LogP contribution in [0.3, 0.4) is 0 Å². The summed E-state index contributed by atoms with van der Waals surface area (Å²) in [5, 5.41) is 4.69. The molecule has 1 fully saturated rings. The van der Waals surface area contributed by atoms with Crippen LogP contribution in [-0.2, 0) is 4.74 Å². The standard InChI is InChI=1S/C15H19N3O/c1-10-9-11(6-8-19-10)18-14-5-4-13(16)15-12(14)3-2-7-17-15/h2-5,7,10-11,18H,6,8-9,16H2,1H3. The summed E-state index contributed by atoms with van der Waals surface area (Å²) in [6.45, 7) is 2.94. The number of aromatic nitrogens is 1. The van der Waals surface area contributed by atoms with Gasteiger partial charge in [0.05, 0.1) is 17.3 Å². The molecule has 1 aliphatic rings. The molecule has 19 heavy (non-hydrogen) atoms. The Morgan fingerprint density at radius 2 is 2.26 bits per heavy atom. The SMILES string of the molecule is CC1CC(Nc2ccc(N)c3ncccc23)CCO1. The van der Waals surface area contributed by atoms with Gasteiger partial charge >= 0.3 is 0 Å². The smallest absolute Gasteiger partial charge is 0.0951 e. The Hall–Kier alpha value is -1.81. The number of nitrogens with two attached hydrogens (primary N) is 1. The highest BCUT2D eigenvalue weighted by Crippen LogP contribution is 2.28. The van der Waals surface area contributed by atoms with Crippen LogP contribution in [0, 0.1) is 0 Å². The molecule has 1 aliphatic heterocycles. The first-order valence-corrected chi connectivity index (χ1v) is 6.75. The van der Waals surface area contributed by atoms with E-state index in [0.29, 0.717) is 12.1 Å². The van der Waals surface area contributed by atoms with Crippen LogP contribution in [0.5, 0.6) is 0 Å². The van der Waals surface area contributed by atoms with Crippen molar-refractivity contribution < 1.29 is 4.74 Å². The number of benzene rings is 1. The molecule has 3 N–H and O–H groups in total. The van der Waals surface area contributed by atoms with Gasteiger partial charge in [0.25, 0.3) is 0 Å². The molecule has 2 atom stereocenters. The summed E-state index contributed by atoms with van der Waals surface area (Å²) < 4.78 is 5.58. The molecule has 3 rings (SSSR count). The van der Waals surface area contributed by atoms with Gasteiger partial charge in [-0.3, -0.25) is 4.98 Å². The van der Waals surface area contributed by atoms with Crippen molar-refractivity contribution in [3.05, 3.63) is 30.5 Å². The lowest BCUT2D eigenvalue weighted by Gasteiger charge is -2.29. The van der Waals surface area contributed by atoms with Gasteiger partial charge in [0.2, 0.25) is 0 Å². The van der Waals surface area contributed by atoms with E-state index in [1.54, 1.807) is 6.20 Å². The van der Waals surface area contributed by atoms with Gasteiger partial charge in [0.1, 0.15) is 0 Å². The van der Waals surface area contributed by atoms with Gasteiger partial charge in [-0.15, -0.1) is 0 Å². The number of nitrogens with zero attached hydrogens (tertiary/aromatic N) is 1. The van der Waals surface area contributed by atoms with Crippen molar-refractivity contribution in [3.8, 4) is 0 Å². The summed E-state index contributed by atoms with van der Waals surface area (Å²) in [5.74, 6) is 0. The van der Waals surface area contributed by atoms with E-state index in [1.807, 2.05) is 18.2 Å². The van der Waals surface area contributed by atoms with E-state index < -0.39 is 0 Å². The van der Waals surface area contributed by atoms with Crippen LogP contribution in [0.1, 0.15) is 19.8 Å². The minimum Gasteiger partial charge on any atom is -0.397 e. The maximum Gasteiger partial charge on any atom is 0.0951 e. The number of nitrogen functional groups attached to an aromatic ring is 1. The van der Waals surface area contributed by atoms with Crippen molar-refractivity contribution in [2.45, 2.75) is 31.9 Å². The summed E-state index contributed by atoms with van der Waals surface area (Å²) >= 11 is 0. The first-order valence-electron chi connectivity index (χ1n) is 6.75. The zero-order chi connectivity index (χ0) is 13.2. The third-order valence-electron chi connectivity index (χ3n) is 3.65. The fourth-order valence-corrected chi connectivity index (χ4v) is 2.67. The van der Waals surface area contributed by atoms with Crippen LogP contribution in [0.4, 0.5) is 11.4 Å². The average molecular weight is 257 g/mol. The molecule has 2 unspecified atom stereocenters. The Kier molecular flexibility index (Phi) is 3.25. The normalized spacial score (nSPS) is 23.4. The van der Waals surface area contributed by atoms with Crippen LogP contribution in [-0.4, -0.2) is 23.7 Å². The molecule has 2 heterocycles. The molecule has 0 saturated carbocycles. The Morgan fingerprint density at radius 1 is 1.37 bits per heavy atom. The molecule has 1 saturated heterocycles. The van der Waals surface area contributed by atoms with Crippen LogP contribution >= 0.6 is 0 Å². The lowest BCUT2D eigenvalue weighted by atomic mass is 10.0. The number of anilines is 2. The van der Waals surface area contributed by atoms with Gasteiger partial charge in [-0.2, -0.15) is 0 Å². The minimum absolute atomic E-state index is 0.324. The molecule has 2 aromatic rings. The van der Waals surface area contributed by atoms with Gasteiger partial charge in [-0.1, -0.05) is 0 Å². The molecule has 0 bridgehead atoms. The maximum atomic E-state index is 5.97. The van der Waals surface area contributed by atoms with E-state index in [4.69, 9.17) is 10.5 Å². The number of ether oxygens (including phenoxy) is 1. The van der Waals surface area contributed by atoms with Crippen molar-refractivity contribution in [1.29, 1.82) is 0 Å². The molecular formula is C15H19N3O. The van der Waals surface area contributed by atoms with Crippen molar-refractivity contribution >= 4 is 22.3 Å². The molecule has 0 amide bonds. The number of rotatable bonds is 2. The fourth-order valence-electron chi connectivity index (χ4n) is 2.67. The van der Waals surface area contributed by atoms with Gasteiger partial charge in [-0.25, -0.2) is 0 Å². The number of nitrogens with one attached hydrogen (secondary N) is 1. The number of pyridine rings is 1. The molecular weight excluding hydrogens is 238 g/mol. The Labute approximate surface area is 113 Å². The first kappa shape index (κ1) is 12.2. The topological polar surface area (TPSA) is 60.2 Å². The molecule has 1 aromatic carbocycles. The second kappa shape index (κ2) is 5.05. The Bertz CT molecular complexity index is 585. The average Bonchev–Trinajstić information content (AvgIpc) is 2.42.